The Morgan fingerprint density at radius 3 is 2.62 bits per heavy atom. The van der Waals surface area contributed by atoms with E-state index in [1.54, 1.807) is 0 Å². The van der Waals surface area contributed by atoms with Gasteiger partial charge in [0.15, 0.2) is 0 Å². The molecule has 0 unspecified atom stereocenters. The first-order valence-corrected chi connectivity index (χ1v) is 5.25. The number of benzene rings is 2. The Morgan fingerprint density at radius 2 is 1.75 bits per heavy atom. The Bertz CT molecular complexity index is 614. The van der Waals surface area contributed by atoms with E-state index in [4.69, 9.17) is 0 Å². The molecule has 0 saturated carbocycles. The summed E-state index contributed by atoms with van der Waals surface area (Å²) in [5.41, 5.74) is 3.43. The highest BCUT2D eigenvalue weighted by Crippen LogP contribution is 2.22. The Morgan fingerprint density at radius 1 is 0.875 bits per heavy atom. The van der Waals surface area contributed by atoms with Crippen molar-refractivity contribution in [3.8, 4) is 11.1 Å². The summed E-state index contributed by atoms with van der Waals surface area (Å²) in [6, 6.07) is 21.4. The van der Waals surface area contributed by atoms with Crippen LogP contribution in [0.5, 0.6) is 0 Å². The van der Waals surface area contributed by atoms with Crippen LogP contribution in [0, 0.1) is 6.07 Å². The van der Waals surface area contributed by atoms with Crippen LogP contribution >= 0.6 is 0 Å². The van der Waals surface area contributed by atoms with Gasteiger partial charge in [0.25, 0.3) is 0 Å². The minimum Gasteiger partial charge on any atom is -0.256 e. The van der Waals surface area contributed by atoms with E-state index in [-0.39, 0.29) is 0 Å². The second-order valence-corrected chi connectivity index (χ2v) is 3.70. The van der Waals surface area contributed by atoms with Gasteiger partial charge in [-0.3, -0.25) is 4.98 Å². The topological polar surface area (TPSA) is 12.9 Å². The Kier molecular flexibility index (Phi) is 2.15. The first-order valence-electron chi connectivity index (χ1n) is 5.25. The van der Waals surface area contributed by atoms with Crippen LogP contribution in [0.25, 0.3) is 22.0 Å². The minimum atomic E-state index is 1.04. The number of pyridine rings is 1. The Balaban J connectivity index is 2.19. The van der Waals surface area contributed by atoms with Crippen molar-refractivity contribution in [2.75, 3.05) is 0 Å². The monoisotopic (exact) mass is 204 g/mol. The van der Waals surface area contributed by atoms with Crippen molar-refractivity contribution in [3.05, 3.63) is 66.9 Å². The zero-order chi connectivity index (χ0) is 10.8. The number of aromatic nitrogens is 1. The van der Waals surface area contributed by atoms with Gasteiger partial charge in [-0.15, -0.1) is 0 Å². The molecule has 1 radical (unpaired) electrons. The summed E-state index contributed by atoms with van der Waals surface area (Å²) in [6.07, 6.45) is 1.82. The maximum atomic E-state index is 4.36. The van der Waals surface area contributed by atoms with Gasteiger partial charge in [0.05, 0.1) is 5.52 Å². The molecule has 3 rings (SSSR count). The maximum Gasteiger partial charge on any atom is 0.0708 e. The average molecular weight is 204 g/mol. The normalized spacial score (nSPS) is 10.5. The van der Waals surface area contributed by atoms with Crippen LogP contribution in [-0.4, -0.2) is 4.98 Å². The fourth-order valence-corrected chi connectivity index (χ4v) is 1.83. The van der Waals surface area contributed by atoms with E-state index in [1.807, 2.05) is 24.4 Å². The van der Waals surface area contributed by atoms with Gasteiger partial charge >= 0.3 is 0 Å². The van der Waals surface area contributed by atoms with E-state index in [1.165, 1.54) is 16.5 Å². The highest BCUT2D eigenvalue weighted by atomic mass is 14.6. The van der Waals surface area contributed by atoms with Gasteiger partial charge in [0, 0.05) is 11.6 Å². The fraction of sp³-hybridized carbons (Fsp3) is 0. The second kappa shape index (κ2) is 3.78. The van der Waals surface area contributed by atoms with E-state index < -0.39 is 0 Å². The first kappa shape index (κ1) is 9.10. The smallest absolute Gasteiger partial charge is 0.0708 e. The van der Waals surface area contributed by atoms with Gasteiger partial charge in [-0.25, -0.2) is 0 Å². The lowest BCUT2D eigenvalue weighted by atomic mass is 10.0. The number of rotatable bonds is 1. The summed E-state index contributed by atoms with van der Waals surface area (Å²) in [4.78, 5) is 4.36. The lowest BCUT2D eigenvalue weighted by Crippen LogP contribution is -1.80. The van der Waals surface area contributed by atoms with Crippen molar-refractivity contribution in [3.63, 3.8) is 0 Å². The molecule has 0 saturated heterocycles. The quantitative estimate of drug-likeness (QED) is 0.589. The number of hydrogen-bond acceptors (Lipinski definition) is 1. The molecule has 1 aromatic heterocycles. The highest BCUT2D eigenvalue weighted by Gasteiger charge is 1.98. The van der Waals surface area contributed by atoms with Crippen molar-refractivity contribution in [2.45, 2.75) is 0 Å². The number of hydrogen-bond donors (Lipinski definition) is 0. The molecule has 1 heterocycles. The summed E-state index contributed by atoms with van der Waals surface area (Å²) in [7, 11) is 0. The molecule has 0 atom stereocenters. The van der Waals surface area contributed by atoms with Gasteiger partial charge in [-0.1, -0.05) is 42.5 Å². The summed E-state index contributed by atoms with van der Waals surface area (Å²) >= 11 is 0. The van der Waals surface area contributed by atoms with Crippen LogP contribution in [0.4, 0.5) is 0 Å². The molecule has 0 aliphatic rings. The SMILES string of the molecule is [c]1ccc(-c2ccc3cccnc3c2)cc1. The molecule has 3 aromatic rings. The van der Waals surface area contributed by atoms with E-state index >= 15 is 0 Å². The van der Waals surface area contributed by atoms with Gasteiger partial charge in [-0.05, 0) is 29.3 Å². The summed E-state index contributed by atoms with van der Waals surface area (Å²) in [5.74, 6) is 0. The second-order valence-electron chi connectivity index (χ2n) is 3.70. The summed E-state index contributed by atoms with van der Waals surface area (Å²) in [6.45, 7) is 0. The molecule has 0 spiro atoms. The van der Waals surface area contributed by atoms with Crippen molar-refractivity contribution in [2.24, 2.45) is 0 Å². The molecule has 0 bridgehead atoms. The first-order chi connectivity index (χ1) is 7.93. The van der Waals surface area contributed by atoms with Gasteiger partial charge in [0.2, 0.25) is 0 Å². The predicted octanol–water partition coefficient (Wildman–Crippen LogP) is 3.70. The molecule has 75 valence electrons. The zero-order valence-corrected chi connectivity index (χ0v) is 8.72. The largest absolute Gasteiger partial charge is 0.256 e. The van der Waals surface area contributed by atoms with Crippen LogP contribution in [0.15, 0.2) is 60.8 Å². The summed E-state index contributed by atoms with van der Waals surface area (Å²) < 4.78 is 0. The van der Waals surface area contributed by atoms with Crippen LogP contribution in [0.3, 0.4) is 0 Å². The van der Waals surface area contributed by atoms with Crippen molar-refractivity contribution in [1.82, 2.24) is 4.98 Å². The molecule has 16 heavy (non-hydrogen) atoms. The Labute approximate surface area is 94.4 Å². The molecule has 0 N–H and O–H groups in total. The van der Waals surface area contributed by atoms with Crippen LogP contribution < -0.4 is 0 Å². The third-order valence-electron chi connectivity index (χ3n) is 2.66. The zero-order valence-electron chi connectivity index (χ0n) is 8.72. The molecular weight excluding hydrogens is 194 g/mol. The molecule has 0 amide bonds. The molecule has 0 aliphatic heterocycles. The van der Waals surface area contributed by atoms with Gasteiger partial charge in [-0.2, -0.15) is 0 Å². The van der Waals surface area contributed by atoms with Crippen LogP contribution in [0.2, 0.25) is 0 Å². The molecular formula is C15H10N. The number of nitrogens with zero attached hydrogens (tertiary/aromatic N) is 1. The lowest BCUT2D eigenvalue weighted by molar-refractivity contribution is 1.41. The minimum absolute atomic E-state index is 1.04. The van der Waals surface area contributed by atoms with E-state index in [0.29, 0.717) is 0 Å². The van der Waals surface area contributed by atoms with E-state index in [2.05, 4.69) is 47.4 Å². The summed E-state index contributed by atoms with van der Waals surface area (Å²) in [5, 5.41) is 1.17. The Hall–Kier alpha value is -2.15. The van der Waals surface area contributed by atoms with Gasteiger partial charge < -0.3 is 0 Å². The van der Waals surface area contributed by atoms with E-state index in [0.717, 1.165) is 5.52 Å². The molecule has 1 nitrogen and oxygen atoms in total. The van der Waals surface area contributed by atoms with Crippen LogP contribution in [0.1, 0.15) is 0 Å². The highest BCUT2D eigenvalue weighted by molar-refractivity contribution is 5.83. The van der Waals surface area contributed by atoms with Crippen molar-refractivity contribution >= 4 is 10.9 Å². The van der Waals surface area contributed by atoms with E-state index in [9.17, 15) is 0 Å². The van der Waals surface area contributed by atoms with Crippen LogP contribution in [-0.2, 0) is 0 Å². The molecule has 0 fully saturated rings. The molecule has 2 aromatic carbocycles. The standard InChI is InChI=1S/C15H10N/c1-2-5-12(6-3-1)14-9-8-13-7-4-10-16-15(13)11-14/h2-11H. The maximum absolute atomic E-state index is 4.36. The third kappa shape index (κ3) is 1.57. The third-order valence-corrected chi connectivity index (χ3v) is 2.66. The predicted molar refractivity (Wildman–Crippen MR) is 66.0 cm³/mol. The lowest BCUT2D eigenvalue weighted by Gasteiger charge is -2.02. The van der Waals surface area contributed by atoms with Gasteiger partial charge in [0.1, 0.15) is 0 Å². The molecule has 1 heteroatoms. The average Bonchev–Trinajstić information content (AvgIpc) is 2.39. The number of fused-ring (bicyclic) bond motifs is 1. The van der Waals surface area contributed by atoms with Crippen molar-refractivity contribution in [1.29, 1.82) is 0 Å². The van der Waals surface area contributed by atoms with Crippen molar-refractivity contribution < 1.29 is 0 Å². The molecule has 0 aliphatic carbocycles. The fourth-order valence-electron chi connectivity index (χ4n) is 1.83.